The molecule has 0 atom stereocenters. The summed E-state index contributed by atoms with van der Waals surface area (Å²) in [5.74, 6) is -1.20. The molecule has 86 valence electrons. The molecule has 0 bridgehead atoms. The lowest BCUT2D eigenvalue weighted by atomic mass is 10.2. The van der Waals surface area contributed by atoms with Gasteiger partial charge in [-0.05, 0) is 6.07 Å². The van der Waals surface area contributed by atoms with Gasteiger partial charge in [-0.15, -0.1) is 0 Å². The van der Waals surface area contributed by atoms with Crippen LogP contribution in [-0.4, -0.2) is 19.0 Å². The fourth-order valence-electron chi connectivity index (χ4n) is 1.04. The summed E-state index contributed by atoms with van der Waals surface area (Å²) in [6.07, 6.45) is 0. The average molecular weight is 263 g/mol. The van der Waals surface area contributed by atoms with Crippen LogP contribution in [0, 0.1) is 0 Å². The second-order valence-corrected chi connectivity index (χ2v) is 3.66. The number of ether oxygens (including phenoxy) is 2. The summed E-state index contributed by atoms with van der Waals surface area (Å²) >= 11 is 11.5. The third-order valence-corrected chi connectivity index (χ3v) is 2.40. The molecule has 0 unspecified atom stereocenters. The lowest BCUT2D eigenvalue weighted by Gasteiger charge is -2.08. The minimum Gasteiger partial charge on any atom is -0.465 e. The molecule has 1 aromatic carbocycles. The average Bonchev–Trinajstić information content (AvgIpc) is 2.21. The molecule has 1 aromatic rings. The molecule has 6 heteroatoms. The number of carbonyl (C=O) groups excluding carboxylic acids is 2. The molecule has 0 radical (unpaired) electrons. The molecule has 0 aliphatic heterocycles. The summed E-state index contributed by atoms with van der Waals surface area (Å²) in [6.45, 7) is 1.21. The third-order valence-electron chi connectivity index (χ3n) is 1.68. The van der Waals surface area contributed by atoms with Crippen molar-refractivity contribution in [3.05, 3.63) is 27.7 Å². The van der Waals surface area contributed by atoms with Crippen LogP contribution in [0.5, 0.6) is 5.75 Å². The number of benzene rings is 1. The van der Waals surface area contributed by atoms with Gasteiger partial charge in [0.05, 0.1) is 17.2 Å². The van der Waals surface area contributed by atoms with Crippen molar-refractivity contribution < 1.29 is 19.1 Å². The summed E-state index contributed by atoms with van der Waals surface area (Å²) in [4.78, 5) is 22.2. The molecule has 0 heterocycles. The largest absolute Gasteiger partial charge is 0.465 e. The highest BCUT2D eigenvalue weighted by atomic mass is 35.5. The van der Waals surface area contributed by atoms with Crippen LogP contribution < -0.4 is 4.74 Å². The molecule has 0 amide bonds. The predicted molar refractivity (Wildman–Crippen MR) is 59.1 cm³/mol. The Morgan fingerprint density at radius 3 is 2.25 bits per heavy atom. The van der Waals surface area contributed by atoms with Gasteiger partial charge in [0, 0.05) is 13.0 Å². The molecule has 0 aliphatic rings. The Morgan fingerprint density at radius 1 is 1.19 bits per heavy atom. The predicted octanol–water partition coefficient (Wildman–Crippen LogP) is 2.71. The van der Waals surface area contributed by atoms with Crippen LogP contribution in [0.15, 0.2) is 12.1 Å². The minimum absolute atomic E-state index is 0.0220. The first-order valence-electron chi connectivity index (χ1n) is 4.21. The van der Waals surface area contributed by atoms with Crippen molar-refractivity contribution in [3.8, 4) is 5.75 Å². The van der Waals surface area contributed by atoms with Crippen LogP contribution in [0.1, 0.15) is 17.3 Å². The van der Waals surface area contributed by atoms with Crippen LogP contribution in [0.25, 0.3) is 0 Å². The molecule has 0 aliphatic carbocycles. The number of methoxy groups -OCH3 is 1. The third kappa shape index (κ3) is 2.87. The highest BCUT2D eigenvalue weighted by molar-refractivity contribution is 6.42. The quantitative estimate of drug-likeness (QED) is 0.608. The van der Waals surface area contributed by atoms with Crippen molar-refractivity contribution in [2.45, 2.75) is 6.92 Å². The summed E-state index contributed by atoms with van der Waals surface area (Å²) < 4.78 is 9.34. The Hall–Kier alpha value is -1.26. The van der Waals surface area contributed by atoms with E-state index >= 15 is 0 Å². The first-order chi connectivity index (χ1) is 7.45. The van der Waals surface area contributed by atoms with Gasteiger partial charge in [0.25, 0.3) is 0 Å². The van der Waals surface area contributed by atoms with E-state index in [1.807, 2.05) is 0 Å². The topological polar surface area (TPSA) is 52.6 Å². The first kappa shape index (κ1) is 12.8. The number of carbonyl (C=O) groups is 2. The van der Waals surface area contributed by atoms with E-state index in [0.29, 0.717) is 0 Å². The summed E-state index contributed by atoms with van der Waals surface area (Å²) in [5.41, 5.74) is 0.0482. The Labute approximate surface area is 102 Å². The van der Waals surface area contributed by atoms with Crippen LogP contribution >= 0.6 is 23.2 Å². The molecular formula is C10H8Cl2O4. The zero-order valence-corrected chi connectivity index (χ0v) is 10.1. The van der Waals surface area contributed by atoms with E-state index in [0.717, 1.165) is 0 Å². The van der Waals surface area contributed by atoms with Crippen LogP contribution in [0.3, 0.4) is 0 Å². The number of esters is 2. The van der Waals surface area contributed by atoms with Crippen LogP contribution in [0.4, 0.5) is 0 Å². The highest BCUT2D eigenvalue weighted by Gasteiger charge is 2.17. The number of rotatable bonds is 2. The molecule has 0 aromatic heterocycles. The second-order valence-electron chi connectivity index (χ2n) is 2.85. The van der Waals surface area contributed by atoms with Gasteiger partial charge in [0.15, 0.2) is 0 Å². The van der Waals surface area contributed by atoms with Gasteiger partial charge in [-0.2, -0.15) is 0 Å². The molecule has 16 heavy (non-hydrogen) atoms. The molecule has 0 saturated heterocycles. The Morgan fingerprint density at radius 2 is 1.75 bits per heavy atom. The van der Waals surface area contributed by atoms with Gasteiger partial charge in [-0.1, -0.05) is 23.2 Å². The number of hydrogen-bond donors (Lipinski definition) is 0. The van der Waals surface area contributed by atoms with Crippen molar-refractivity contribution >= 4 is 35.1 Å². The smallest absolute Gasteiger partial charge is 0.341 e. The zero-order valence-electron chi connectivity index (χ0n) is 8.54. The Balaban J connectivity index is 3.27. The number of halogens is 2. The van der Waals surface area contributed by atoms with Crippen molar-refractivity contribution in [2.75, 3.05) is 7.11 Å². The number of hydrogen-bond acceptors (Lipinski definition) is 4. The van der Waals surface area contributed by atoms with Gasteiger partial charge < -0.3 is 9.47 Å². The van der Waals surface area contributed by atoms with E-state index in [1.165, 1.54) is 26.2 Å². The Kier molecular flexibility index (Phi) is 4.15. The lowest BCUT2D eigenvalue weighted by Crippen LogP contribution is -2.09. The molecule has 0 saturated carbocycles. The van der Waals surface area contributed by atoms with E-state index in [-0.39, 0.29) is 21.4 Å². The van der Waals surface area contributed by atoms with E-state index in [1.54, 1.807) is 0 Å². The lowest BCUT2D eigenvalue weighted by molar-refractivity contribution is -0.131. The highest BCUT2D eigenvalue weighted by Crippen LogP contribution is 2.31. The van der Waals surface area contributed by atoms with Gasteiger partial charge in [-0.25, -0.2) is 4.79 Å². The molecule has 1 rings (SSSR count). The van der Waals surface area contributed by atoms with Crippen molar-refractivity contribution in [1.29, 1.82) is 0 Å². The maximum atomic E-state index is 11.4. The summed E-state index contributed by atoms with van der Waals surface area (Å²) in [5, 5.41) is 0.364. The molecular weight excluding hydrogens is 255 g/mol. The standard InChI is InChI=1S/C10H8Cl2O4/c1-5(13)16-9-4-8(12)7(11)3-6(9)10(14)15-2/h3-4H,1-2H3. The molecule has 0 N–H and O–H groups in total. The monoisotopic (exact) mass is 262 g/mol. The zero-order chi connectivity index (χ0) is 12.3. The minimum atomic E-state index is -0.658. The Bertz CT molecular complexity index is 443. The maximum absolute atomic E-state index is 11.4. The fourth-order valence-corrected chi connectivity index (χ4v) is 1.35. The fraction of sp³-hybridized carbons (Fsp3) is 0.200. The molecule has 0 spiro atoms. The summed E-state index contributed by atoms with van der Waals surface area (Å²) in [7, 11) is 1.21. The van der Waals surface area contributed by atoms with E-state index in [4.69, 9.17) is 27.9 Å². The van der Waals surface area contributed by atoms with Gasteiger partial charge >= 0.3 is 11.9 Å². The van der Waals surface area contributed by atoms with Gasteiger partial charge in [-0.3, -0.25) is 4.79 Å². The molecule has 0 fully saturated rings. The maximum Gasteiger partial charge on any atom is 0.341 e. The van der Waals surface area contributed by atoms with Crippen molar-refractivity contribution in [3.63, 3.8) is 0 Å². The molecule has 4 nitrogen and oxygen atoms in total. The normalized spacial score (nSPS) is 9.75. The van der Waals surface area contributed by atoms with Crippen molar-refractivity contribution in [2.24, 2.45) is 0 Å². The van der Waals surface area contributed by atoms with E-state index < -0.39 is 11.9 Å². The first-order valence-corrected chi connectivity index (χ1v) is 4.97. The van der Waals surface area contributed by atoms with Crippen LogP contribution in [-0.2, 0) is 9.53 Å². The second kappa shape index (κ2) is 5.18. The van der Waals surface area contributed by atoms with E-state index in [2.05, 4.69) is 4.74 Å². The van der Waals surface area contributed by atoms with E-state index in [9.17, 15) is 9.59 Å². The van der Waals surface area contributed by atoms with Crippen LogP contribution in [0.2, 0.25) is 10.0 Å². The van der Waals surface area contributed by atoms with Gasteiger partial charge in [0.2, 0.25) is 0 Å². The summed E-state index contributed by atoms with van der Waals surface area (Å²) in [6, 6.07) is 2.57. The SMILES string of the molecule is COC(=O)c1cc(Cl)c(Cl)cc1OC(C)=O. The van der Waals surface area contributed by atoms with Crippen molar-refractivity contribution in [1.82, 2.24) is 0 Å². The van der Waals surface area contributed by atoms with Gasteiger partial charge in [0.1, 0.15) is 11.3 Å².